The van der Waals surface area contributed by atoms with Crippen molar-refractivity contribution < 1.29 is 14.3 Å². The van der Waals surface area contributed by atoms with Gasteiger partial charge < -0.3 is 4.74 Å². The van der Waals surface area contributed by atoms with Crippen molar-refractivity contribution >= 4 is 11.8 Å². The van der Waals surface area contributed by atoms with Crippen molar-refractivity contribution in [3.05, 3.63) is 0 Å². The molecule has 0 aromatic carbocycles. The van der Waals surface area contributed by atoms with Crippen molar-refractivity contribution in [2.45, 2.75) is 38.2 Å². The molecular formula is C9H12O3. The molecule has 12 heavy (non-hydrogen) atoms. The van der Waals surface area contributed by atoms with Crippen LogP contribution >= 0.6 is 0 Å². The topological polar surface area (TPSA) is 43.4 Å². The van der Waals surface area contributed by atoms with Crippen LogP contribution in [0.25, 0.3) is 0 Å². The monoisotopic (exact) mass is 168 g/mol. The lowest BCUT2D eigenvalue weighted by molar-refractivity contribution is -0.152. The first kappa shape index (κ1) is 7.77. The molecule has 0 aliphatic carbocycles. The summed E-state index contributed by atoms with van der Waals surface area (Å²) in [5.74, 6) is -0.625. The van der Waals surface area contributed by atoms with E-state index in [0.29, 0.717) is 12.8 Å². The third-order valence-corrected chi connectivity index (χ3v) is 2.69. The highest BCUT2D eigenvalue weighted by Gasteiger charge is 2.36. The van der Waals surface area contributed by atoms with E-state index in [4.69, 9.17) is 4.74 Å². The summed E-state index contributed by atoms with van der Waals surface area (Å²) in [4.78, 5) is 22.6. The maximum absolute atomic E-state index is 11.3. The zero-order valence-electron chi connectivity index (χ0n) is 6.91. The van der Waals surface area contributed by atoms with Crippen LogP contribution in [0.2, 0.25) is 0 Å². The lowest BCUT2D eigenvalue weighted by Crippen LogP contribution is -2.22. The first-order valence-electron chi connectivity index (χ1n) is 4.50. The number of Topliss-reactive ketones (excluding diaryl/α,β-unsaturated/α-hetero) is 1. The lowest BCUT2D eigenvalue weighted by atomic mass is 9.91. The quantitative estimate of drug-likeness (QED) is 0.401. The molecule has 0 amide bonds. The van der Waals surface area contributed by atoms with Gasteiger partial charge in [0.05, 0.1) is 0 Å². The molecule has 3 nitrogen and oxygen atoms in total. The third kappa shape index (κ3) is 1.24. The highest BCUT2D eigenvalue weighted by molar-refractivity contribution is 5.99. The average Bonchev–Trinajstić information content (AvgIpc) is 2.26. The zero-order valence-corrected chi connectivity index (χ0v) is 6.91. The number of fused-ring (bicyclic) bond motifs is 3. The van der Waals surface area contributed by atoms with Gasteiger partial charge in [-0.3, -0.25) is 9.59 Å². The van der Waals surface area contributed by atoms with Crippen molar-refractivity contribution in [1.82, 2.24) is 0 Å². The molecule has 0 N–H and O–H groups in total. The Bertz CT molecular complexity index is 222. The summed E-state index contributed by atoms with van der Waals surface area (Å²) in [5, 5.41) is 0. The Balaban J connectivity index is 2.24. The van der Waals surface area contributed by atoms with Crippen molar-refractivity contribution in [2.75, 3.05) is 0 Å². The van der Waals surface area contributed by atoms with E-state index in [1.807, 2.05) is 0 Å². The molecule has 0 spiro atoms. The Labute approximate surface area is 71.1 Å². The number of ketones is 1. The molecule has 3 heteroatoms. The molecule has 0 aromatic rings. The van der Waals surface area contributed by atoms with E-state index in [9.17, 15) is 9.59 Å². The maximum Gasteiger partial charge on any atom is 0.316 e. The molecule has 0 saturated carbocycles. The molecule has 2 saturated heterocycles. The van der Waals surface area contributed by atoms with Gasteiger partial charge in [0.2, 0.25) is 0 Å². The van der Waals surface area contributed by atoms with Crippen molar-refractivity contribution in [3.8, 4) is 0 Å². The first-order valence-corrected chi connectivity index (χ1v) is 4.50. The number of carbonyl (C=O) groups is 2. The van der Waals surface area contributed by atoms with Gasteiger partial charge in [0.25, 0.3) is 0 Å². The Morgan fingerprint density at radius 2 is 2.00 bits per heavy atom. The van der Waals surface area contributed by atoms with Gasteiger partial charge in [-0.2, -0.15) is 0 Å². The first-order chi connectivity index (χ1) is 5.77. The Morgan fingerprint density at radius 1 is 1.17 bits per heavy atom. The minimum absolute atomic E-state index is 0.0222. The number of esters is 1. The second kappa shape index (κ2) is 2.88. The molecular weight excluding hydrogens is 156 g/mol. The molecule has 2 unspecified atom stereocenters. The average molecular weight is 168 g/mol. The highest BCUT2D eigenvalue weighted by Crippen LogP contribution is 2.28. The van der Waals surface area contributed by atoms with Gasteiger partial charge in [-0.05, 0) is 25.7 Å². The minimum atomic E-state index is -0.433. The fourth-order valence-corrected chi connectivity index (χ4v) is 1.95. The standard InChI is InChI=1S/C9H12O3/c10-8-5-4-6-2-1-3-7(8)9(11)12-6/h6-7H,1-5H2. The maximum atomic E-state index is 11.3. The van der Waals surface area contributed by atoms with E-state index in [0.717, 1.165) is 19.3 Å². The van der Waals surface area contributed by atoms with Crippen LogP contribution in [0.1, 0.15) is 32.1 Å². The van der Waals surface area contributed by atoms with Crippen LogP contribution in [-0.2, 0) is 14.3 Å². The van der Waals surface area contributed by atoms with Crippen molar-refractivity contribution in [1.29, 1.82) is 0 Å². The van der Waals surface area contributed by atoms with Gasteiger partial charge in [0, 0.05) is 6.42 Å². The van der Waals surface area contributed by atoms with Crippen LogP contribution in [0, 0.1) is 5.92 Å². The van der Waals surface area contributed by atoms with E-state index in [1.165, 1.54) is 0 Å². The van der Waals surface area contributed by atoms with Crippen molar-refractivity contribution in [3.63, 3.8) is 0 Å². The second-order valence-electron chi connectivity index (χ2n) is 3.55. The number of hydrogen-bond acceptors (Lipinski definition) is 3. The minimum Gasteiger partial charge on any atom is -0.462 e. The van der Waals surface area contributed by atoms with E-state index in [-0.39, 0.29) is 17.9 Å². The zero-order chi connectivity index (χ0) is 8.55. The summed E-state index contributed by atoms with van der Waals surface area (Å²) in [6, 6.07) is 0. The second-order valence-corrected chi connectivity index (χ2v) is 3.55. The van der Waals surface area contributed by atoms with E-state index in [2.05, 4.69) is 0 Å². The molecule has 2 bridgehead atoms. The fourth-order valence-electron chi connectivity index (χ4n) is 1.95. The lowest BCUT2D eigenvalue weighted by Gasteiger charge is -2.11. The van der Waals surface area contributed by atoms with E-state index < -0.39 is 5.92 Å². The summed E-state index contributed by atoms with van der Waals surface area (Å²) in [5.41, 5.74) is 0. The summed E-state index contributed by atoms with van der Waals surface area (Å²) in [6.45, 7) is 0. The van der Waals surface area contributed by atoms with Crippen LogP contribution in [-0.4, -0.2) is 17.9 Å². The van der Waals surface area contributed by atoms with Crippen LogP contribution in [0.5, 0.6) is 0 Å². The van der Waals surface area contributed by atoms with Crippen LogP contribution < -0.4 is 0 Å². The largest absolute Gasteiger partial charge is 0.462 e. The van der Waals surface area contributed by atoms with Gasteiger partial charge in [-0.1, -0.05) is 0 Å². The Morgan fingerprint density at radius 3 is 2.83 bits per heavy atom. The molecule has 0 aromatic heterocycles. The number of carbonyl (C=O) groups excluding carboxylic acids is 2. The van der Waals surface area contributed by atoms with Crippen molar-refractivity contribution in [2.24, 2.45) is 5.92 Å². The third-order valence-electron chi connectivity index (χ3n) is 2.69. The molecule has 66 valence electrons. The Kier molecular flexibility index (Phi) is 1.87. The van der Waals surface area contributed by atoms with Gasteiger partial charge in [-0.25, -0.2) is 0 Å². The van der Waals surface area contributed by atoms with Gasteiger partial charge in [0.1, 0.15) is 17.8 Å². The number of hydrogen-bond donors (Lipinski definition) is 0. The van der Waals surface area contributed by atoms with Gasteiger partial charge >= 0.3 is 5.97 Å². The molecule has 2 heterocycles. The summed E-state index contributed by atoms with van der Waals surface area (Å²) >= 11 is 0. The number of ether oxygens (including phenoxy) is 1. The molecule has 2 fully saturated rings. The molecule has 2 rings (SSSR count). The van der Waals surface area contributed by atoms with Crippen LogP contribution in [0.15, 0.2) is 0 Å². The van der Waals surface area contributed by atoms with Crippen LogP contribution in [0.4, 0.5) is 0 Å². The highest BCUT2D eigenvalue weighted by atomic mass is 16.5. The van der Waals surface area contributed by atoms with Gasteiger partial charge in [0.15, 0.2) is 0 Å². The van der Waals surface area contributed by atoms with Gasteiger partial charge in [-0.15, -0.1) is 0 Å². The number of rotatable bonds is 0. The predicted molar refractivity (Wildman–Crippen MR) is 41.5 cm³/mol. The van der Waals surface area contributed by atoms with Crippen LogP contribution in [0.3, 0.4) is 0 Å². The summed E-state index contributed by atoms with van der Waals surface area (Å²) in [7, 11) is 0. The van der Waals surface area contributed by atoms with E-state index >= 15 is 0 Å². The normalized spacial score (nSPS) is 35.7. The summed E-state index contributed by atoms with van der Waals surface area (Å²) < 4.78 is 5.15. The molecule has 2 atom stereocenters. The smallest absolute Gasteiger partial charge is 0.316 e. The molecule has 2 aliphatic rings. The van der Waals surface area contributed by atoms with E-state index in [1.54, 1.807) is 0 Å². The Hall–Kier alpha value is -0.860. The SMILES string of the molecule is O=C1CCC2CCCC1C(=O)O2. The fraction of sp³-hybridized carbons (Fsp3) is 0.778. The summed E-state index contributed by atoms with van der Waals surface area (Å²) in [6.07, 6.45) is 3.88. The predicted octanol–water partition coefficient (Wildman–Crippen LogP) is 1.06. The molecule has 0 radical (unpaired) electrons. The molecule has 2 aliphatic heterocycles.